The Balaban J connectivity index is 2.43. The zero-order valence-corrected chi connectivity index (χ0v) is 8.03. The smallest absolute Gasteiger partial charge is 0.306 e. The second-order valence-corrected chi connectivity index (χ2v) is 3.61. The van der Waals surface area contributed by atoms with E-state index in [0.717, 1.165) is 19.3 Å². The molecule has 4 heteroatoms. The third kappa shape index (κ3) is 2.87. The van der Waals surface area contributed by atoms with Crippen LogP contribution in [0.15, 0.2) is 12.7 Å². The van der Waals surface area contributed by atoms with Gasteiger partial charge in [0.15, 0.2) is 0 Å². The van der Waals surface area contributed by atoms with E-state index in [2.05, 4.69) is 11.9 Å². The average Bonchev–Trinajstić information content (AvgIpc) is 2.18. The van der Waals surface area contributed by atoms with Crippen LogP contribution >= 0.6 is 0 Å². The van der Waals surface area contributed by atoms with Gasteiger partial charge in [-0.1, -0.05) is 13.0 Å². The van der Waals surface area contributed by atoms with Gasteiger partial charge in [-0.25, -0.2) is 0 Å². The zero-order chi connectivity index (χ0) is 10.6. The Morgan fingerprint density at radius 1 is 1.43 bits per heavy atom. The van der Waals surface area contributed by atoms with Gasteiger partial charge in [0, 0.05) is 6.04 Å². The molecule has 0 radical (unpaired) electrons. The molecule has 1 aliphatic rings. The number of hydrogen-bond donors (Lipinski definition) is 2. The van der Waals surface area contributed by atoms with Crippen molar-refractivity contribution in [1.82, 2.24) is 5.32 Å². The molecule has 2 atom stereocenters. The molecule has 0 heterocycles. The number of carbonyl (C=O) groups excluding carboxylic acids is 1. The van der Waals surface area contributed by atoms with Gasteiger partial charge >= 0.3 is 5.97 Å². The lowest BCUT2D eigenvalue weighted by atomic mass is 9.86. The summed E-state index contributed by atoms with van der Waals surface area (Å²) in [7, 11) is 0. The van der Waals surface area contributed by atoms with E-state index in [4.69, 9.17) is 5.11 Å². The maximum Gasteiger partial charge on any atom is 0.306 e. The fourth-order valence-electron chi connectivity index (χ4n) is 1.81. The summed E-state index contributed by atoms with van der Waals surface area (Å²) in [6.07, 6.45) is 4.19. The molecule has 0 spiro atoms. The normalized spacial score (nSPS) is 26.6. The second kappa shape index (κ2) is 4.79. The van der Waals surface area contributed by atoms with Crippen LogP contribution in [0.4, 0.5) is 0 Å². The Morgan fingerprint density at radius 2 is 2.14 bits per heavy atom. The molecule has 1 amide bonds. The molecule has 1 aliphatic carbocycles. The van der Waals surface area contributed by atoms with Crippen LogP contribution < -0.4 is 5.32 Å². The number of hydrogen-bond acceptors (Lipinski definition) is 2. The molecule has 4 nitrogen and oxygen atoms in total. The van der Waals surface area contributed by atoms with Gasteiger partial charge in [0.2, 0.25) is 5.91 Å². The van der Waals surface area contributed by atoms with Gasteiger partial charge in [0.25, 0.3) is 0 Å². The summed E-state index contributed by atoms with van der Waals surface area (Å²) in [5.74, 6) is -1.29. The summed E-state index contributed by atoms with van der Waals surface area (Å²) in [6, 6.07) is -0.00431. The van der Waals surface area contributed by atoms with Gasteiger partial charge in [-0.2, -0.15) is 0 Å². The molecule has 0 aromatic rings. The minimum atomic E-state index is -0.762. The fraction of sp³-hybridized carbons (Fsp3) is 0.600. The number of nitrogens with one attached hydrogen (secondary N) is 1. The van der Waals surface area contributed by atoms with Crippen molar-refractivity contribution < 1.29 is 14.7 Å². The number of aliphatic carboxylic acids is 1. The molecular formula is C10H15NO3. The van der Waals surface area contributed by atoms with Gasteiger partial charge in [0.1, 0.15) is 0 Å². The summed E-state index contributed by atoms with van der Waals surface area (Å²) in [6.45, 7) is 3.35. The monoisotopic (exact) mass is 197 g/mol. The minimum absolute atomic E-state index is 0.00431. The Bertz CT molecular complexity index is 250. The zero-order valence-electron chi connectivity index (χ0n) is 8.03. The molecule has 1 fully saturated rings. The largest absolute Gasteiger partial charge is 0.481 e. The predicted octanol–water partition coefficient (Wildman–Crippen LogP) is 0.932. The summed E-state index contributed by atoms with van der Waals surface area (Å²) < 4.78 is 0. The van der Waals surface area contributed by atoms with Crippen LogP contribution in [0, 0.1) is 5.92 Å². The van der Waals surface area contributed by atoms with Crippen molar-refractivity contribution in [3.05, 3.63) is 12.7 Å². The van der Waals surface area contributed by atoms with Crippen molar-refractivity contribution >= 4 is 11.9 Å². The summed E-state index contributed by atoms with van der Waals surface area (Å²) >= 11 is 0. The topological polar surface area (TPSA) is 66.4 Å². The lowest BCUT2D eigenvalue weighted by Gasteiger charge is -2.26. The van der Waals surface area contributed by atoms with Gasteiger partial charge in [0.05, 0.1) is 5.92 Å². The highest BCUT2D eigenvalue weighted by Crippen LogP contribution is 2.24. The first-order valence-electron chi connectivity index (χ1n) is 4.79. The van der Waals surface area contributed by atoms with E-state index in [1.165, 1.54) is 6.08 Å². The second-order valence-electron chi connectivity index (χ2n) is 3.61. The molecular weight excluding hydrogens is 182 g/mol. The van der Waals surface area contributed by atoms with Gasteiger partial charge < -0.3 is 10.4 Å². The highest BCUT2D eigenvalue weighted by atomic mass is 16.4. The number of amides is 1. The lowest BCUT2D eigenvalue weighted by molar-refractivity contribution is -0.143. The van der Waals surface area contributed by atoms with E-state index in [1.54, 1.807) is 0 Å². The summed E-state index contributed by atoms with van der Waals surface area (Å²) in [5, 5.41) is 11.5. The SMILES string of the molecule is C=CC(=O)NC1CCCC(C(=O)O)C1. The molecule has 78 valence electrons. The third-order valence-corrected chi connectivity index (χ3v) is 2.56. The molecule has 0 aliphatic heterocycles. The van der Waals surface area contributed by atoms with Crippen LogP contribution in [0.3, 0.4) is 0 Å². The van der Waals surface area contributed by atoms with Gasteiger partial charge in [-0.05, 0) is 25.3 Å². The quantitative estimate of drug-likeness (QED) is 0.661. The van der Waals surface area contributed by atoms with Crippen LogP contribution in [-0.2, 0) is 9.59 Å². The summed E-state index contributed by atoms with van der Waals surface area (Å²) in [5.41, 5.74) is 0. The first-order valence-corrected chi connectivity index (χ1v) is 4.79. The van der Waals surface area contributed by atoms with E-state index < -0.39 is 5.97 Å². The fourth-order valence-corrected chi connectivity index (χ4v) is 1.81. The van der Waals surface area contributed by atoms with Gasteiger partial charge in [-0.3, -0.25) is 9.59 Å². The molecule has 1 rings (SSSR count). The molecule has 0 saturated heterocycles. The maximum absolute atomic E-state index is 11.0. The van der Waals surface area contributed by atoms with Gasteiger partial charge in [-0.15, -0.1) is 0 Å². The van der Waals surface area contributed by atoms with E-state index in [0.29, 0.717) is 6.42 Å². The number of rotatable bonds is 3. The van der Waals surface area contributed by atoms with Crippen molar-refractivity contribution in [3.8, 4) is 0 Å². The number of carboxylic acids is 1. The molecule has 2 unspecified atom stereocenters. The molecule has 1 saturated carbocycles. The van der Waals surface area contributed by atoms with Crippen LogP contribution in [-0.4, -0.2) is 23.0 Å². The lowest BCUT2D eigenvalue weighted by Crippen LogP contribution is -2.39. The van der Waals surface area contributed by atoms with Crippen molar-refractivity contribution in [2.75, 3.05) is 0 Å². The van der Waals surface area contributed by atoms with Crippen LogP contribution in [0.25, 0.3) is 0 Å². The van der Waals surface area contributed by atoms with E-state index >= 15 is 0 Å². The highest BCUT2D eigenvalue weighted by Gasteiger charge is 2.27. The predicted molar refractivity (Wildman–Crippen MR) is 51.7 cm³/mol. The molecule has 0 aromatic heterocycles. The highest BCUT2D eigenvalue weighted by molar-refractivity contribution is 5.87. The van der Waals surface area contributed by atoms with Crippen molar-refractivity contribution in [1.29, 1.82) is 0 Å². The first kappa shape index (κ1) is 10.8. The minimum Gasteiger partial charge on any atom is -0.481 e. The standard InChI is InChI=1S/C10H15NO3/c1-2-9(12)11-8-5-3-4-7(6-8)10(13)14/h2,7-8H,1,3-6H2,(H,11,12)(H,13,14). The first-order chi connectivity index (χ1) is 6.63. The summed E-state index contributed by atoms with van der Waals surface area (Å²) in [4.78, 5) is 21.7. The van der Waals surface area contributed by atoms with Crippen molar-refractivity contribution in [2.45, 2.75) is 31.7 Å². The Labute approximate surface area is 83.0 Å². The molecule has 0 aromatic carbocycles. The van der Waals surface area contributed by atoms with Crippen molar-refractivity contribution in [2.24, 2.45) is 5.92 Å². The average molecular weight is 197 g/mol. The van der Waals surface area contributed by atoms with E-state index in [-0.39, 0.29) is 17.9 Å². The Morgan fingerprint density at radius 3 is 2.71 bits per heavy atom. The number of carboxylic acid groups (broad SMARTS) is 1. The molecule has 14 heavy (non-hydrogen) atoms. The third-order valence-electron chi connectivity index (χ3n) is 2.56. The van der Waals surface area contributed by atoms with Crippen LogP contribution in [0.1, 0.15) is 25.7 Å². The van der Waals surface area contributed by atoms with Crippen molar-refractivity contribution in [3.63, 3.8) is 0 Å². The Hall–Kier alpha value is -1.32. The Kier molecular flexibility index (Phi) is 3.68. The van der Waals surface area contributed by atoms with Crippen LogP contribution in [0.2, 0.25) is 0 Å². The maximum atomic E-state index is 11.0. The van der Waals surface area contributed by atoms with Crippen LogP contribution in [0.5, 0.6) is 0 Å². The van der Waals surface area contributed by atoms with E-state index in [1.807, 2.05) is 0 Å². The molecule has 0 bridgehead atoms. The van der Waals surface area contributed by atoms with E-state index in [9.17, 15) is 9.59 Å². The molecule has 2 N–H and O–H groups in total. The number of carbonyl (C=O) groups is 2.